The van der Waals surface area contributed by atoms with Crippen LogP contribution in [0.5, 0.6) is 0 Å². The molecule has 1 aliphatic heterocycles. The summed E-state index contributed by atoms with van der Waals surface area (Å²) >= 11 is 1.64. The van der Waals surface area contributed by atoms with Gasteiger partial charge >= 0.3 is 0 Å². The van der Waals surface area contributed by atoms with Crippen LogP contribution in [0.15, 0.2) is 52.4 Å². The Bertz CT molecular complexity index is 761. The predicted octanol–water partition coefficient (Wildman–Crippen LogP) is 4.74. The summed E-state index contributed by atoms with van der Waals surface area (Å²) in [6.07, 6.45) is 2.36. The Balaban J connectivity index is 1.40. The Morgan fingerprint density at radius 1 is 1.12 bits per heavy atom. The van der Waals surface area contributed by atoms with E-state index in [1.807, 2.05) is 17.5 Å². The molecule has 24 heavy (non-hydrogen) atoms. The highest BCUT2D eigenvalue weighted by Crippen LogP contribution is 2.32. The van der Waals surface area contributed by atoms with E-state index in [1.54, 1.807) is 11.3 Å². The third-order valence-corrected chi connectivity index (χ3v) is 5.75. The van der Waals surface area contributed by atoms with Gasteiger partial charge in [-0.3, -0.25) is 4.90 Å². The Kier molecular flexibility index (Phi) is 4.45. The molecule has 3 aromatic rings. The lowest BCUT2D eigenvalue weighted by atomic mass is 9.89. The molecule has 1 aromatic carbocycles. The van der Waals surface area contributed by atoms with E-state index in [9.17, 15) is 0 Å². The molecule has 124 valence electrons. The van der Waals surface area contributed by atoms with Crippen LogP contribution >= 0.6 is 11.3 Å². The number of benzene rings is 1. The topological polar surface area (TPSA) is 42.2 Å². The van der Waals surface area contributed by atoms with Crippen LogP contribution in [0.1, 0.15) is 43.2 Å². The van der Waals surface area contributed by atoms with E-state index in [1.165, 1.54) is 18.4 Å². The number of thiophene rings is 1. The fourth-order valence-corrected chi connectivity index (χ4v) is 4.06. The van der Waals surface area contributed by atoms with E-state index in [-0.39, 0.29) is 6.04 Å². The standard InChI is InChI=1S/C19H21N3OS/c1-14(19-20-18(21-23-19)17-8-5-13-24-17)22-11-9-16(10-12-22)15-6-3-2-4-7-15/h2-8,13-14,16H,9-12H2,1H3/t14-/m1/s1. The molecule has 0 saturated carbocycles. The molecular formula is C19H21N3OS. The van der Waals surface area contributed by atoms with Crippen molar-refractivity contribution in [3.8, 4) is 10.7 Å². The number of aromatic nitrogens is 2. The van der Waals surface area contributed by atoms with Crippen molar-refractivity contribution >= 4 is 11.3 Å². The van der Waals surface area contributed by atoms with Crippen molar-refractivity contribution in [2.75, 3.05) is 13.1 Å². The largest absolute Gasteiger partial charge is 0.337 e. The van der Waals surface area contributed by atoms with Crippen LogP contribution < -0.4 is 0 Å². The summed E-state index contributed by atoms with van der Waals surface area (Å²) < 4.78 is 5.52. The normalized spacial score (nSPS) is 17.9. The Labute approximate surface area is 146 Å². The van der Waals surface area contributed by atoms with Gasteiger partial charge in [0.25, 0.3) is 0 Å². The maximum Gasteiger partial charge on any atom is 0.244 e. The molecule has 1 aliphatic rings. The highest BCUT2D eigenvalue weighted by atomic mass is 32.1. The molecule has 0 N–H and O–H groups in total. The zero-order valence-corrected chi connectivity index (χ0v) is 14.6. The molecule has 1 saturated heterocycles. The first kappa shape index (κ1) is 15.5. The van der Waals surface area contributed by atoms with Gasteiger partial charge in [0.05, 0.1) is 10.9 Å². The first-order valence-corrected chi connectivity index (χ1v) is 9.35. The zero-order chi connectivity index (χ0) is 16.4. The smallest absolute Gasteiger partial charge is 0.244 e. The molecule has 3 heterocycles. The molecule has 0 aliphatic carbocycles. The quantitative estimate of drug-likeness (QED) is 0.688. The van der Waals surface area contributed by atoms with Gasteiger partial charge in [-0.1, -0.05) is 41.6 Å². The molecule has 0 amide bonds. The van der Waals surface area contributed by atoms with Crippen LogP contribution in [0, 0.1) is 0 Å². The van der Waals surface area contributed by atoms with Crippen LogP contribution in [0.25, 0.3) is 10.7 Å². The molecule has 5 heteroatoms. The molecule has 0 bridgehead atoms. The first-order valence-electron chi connectivity index (χ1n) is 8.48. The van der Waals surface area contributed by atoms with E-state index >= 15 is 0 Å². The lowest BCUT2D eigenvalue weighted by Gasteiger charge is -2.34. The summed E-state index contributed by atoms with van der Waals surface area (Å²) in [6.45, 7) is 4.30. The second-order valence-corrected chi connectivity index (χ2v) is 7.28. The van der Waals surface area contributed by atoms with Crippen molar-refractivity contribution in [3.05, 3.63) is 59.3 Å². The van der Waals surface area contributed by atoms with Gasteiger partial charge in [-0.15, -0.1) is 11.3 Å². The number of likely N-dealkylation sites (tertiary alicyclic amines) is 1. The maximum absolute atomic E-state index is 5.52. The van der Waals surface area contributed by atoms with E-state index in [4.69, 9.17) is 4.52 Å². The van der Waals surface area contributed by atoms with Crippen molar-refractivity contribution in [3.63, 3.8) is 0 Å². The molecule has 4 nitrogen and oxygen atoms in total. The fourth-order valence-electron chi connectivity index (χ4n) is 3.41. The lowest BCUT2D eigenvalue weighted by molar-refractivity contribution is 0.136. The maximum atomic E-state index is 5.52. The summed E-state index contributed by atoms with van der Waals surface area (Å²) in [5.41, 5.74) is 1.46. The van der Waals surface area contributed by atoms with E-state index in [2.05, 4.69) is 52.3 Å². The fraction of sp³-hybridized carbons (Fsp3) is 0.368. The first-order chi connectivity index (χ1) is 11.8. The van der Waals surface area contributed by atoms with Crippen molar-refractivity contribution in [1.29, 1.82) is 0 Å². The summed E-state index contributed by atoms with van der Waals surface area (Å²) in [4.78, 5) is 8.10. The van der Waals surface area contributed by atoms with Crippen molar-refractivity contribution in [1.82, 2.24) is 15.0 Å². The molecule has 0 spiro atoms. The Morgan fingerprint density at radius 2 is 1.92 bits per heavy atom. The highest BCUT2D eigenvalue weighted by molar-refractivity contribution is 7.13. The van der Waals surface area contributed by atoms with Crippen LogP contribution in [0.2, 0.25) is 0 Å². The number of hydrogen-bond donors (Lipinski definition) is 0. The van der Waals surface area contributed by atoms with Gasteiger partial charge in [0.15, 0.2) is 0 Å². The minimum atomic E-state index is 0.169. The summed E-state index contributed by atoms with van der Waals surface area (Å²) in [5.74, 6) is 2.08. The van der Waals surface area contributed by atoms with Crippen molar-refractivity contribution in [2.24, 2.45) is 0 Å². The number of piperidine rings is 1. The Morgan fingerprint density at radius 3 is 2.62 bits per heavy atom. The third-order valence-electron chi connectivity index (χ3n) is 4.89. The average molecular weight is 339 g/mol. The van der Waals surface area contributed by atoms with Crippen LogP contribution in [0.4, 0.5) is 0 Å². The molecule has 0 unspecified atom stereocenters. The van der Waals surface area contributed by atoms with Gasteiger partial charge in [0.1, 0.15) is 0 Å². The SMILES string of the molecule is C[C@H](c1nc(-c2cccs2)no1)N1CCC(c2ccccc2)CC1. The van der Waals surface area contributed by atoms with Crippen LogP contribution in [-0.4, -0.2) is 28.1 Å². The zero-order valence-electron chi connectivity index (χ0n) is 13.8. The van der Waals surface area contributed by atoms with E-state index in [0.717, 1.165) is 23.9 Å². The Hall–Kier alpha value is -1.98. The third kappa shape index (κ3) is 3.14. The van der Waals surface area contributed by atoms with Crippen LogP contribution in [-0.2, 0) is 0 Å². The highest BCUT2D eigenvalue weighted by Gasteiger charge is 2.27. The van der Waals surface area contributed by atoms with E-state index in [0.29, 0.717) is 11.7 Å². The monoisotopic (exact) mass is 339 g/mol. The van der Waals surface area contributed by atoms with Gasteiger partial charge < -0.3 is 4.52 Å². The van der Waals surface area contributed by atoms with Crippen LogP contribution in [0.3, 0.4) is 0 Å². The summed E-state index contributed by atoms with van der Waals surface area (Å²) in [6, 6.07) is 15.0. The molecular weight excluding hydrogens is 318 g/mol. The molecule has 1 atom stereocenters. The average Bonchev–Trinajstić information content (AvgIpc) is 3.33. The summed E-state index contributed by atoms with van der Waals surface area (Å²) in [5, 5.41) is 6.17. The van der Waals surface area contributed by atoms with Gasteiger partial charge in [0, 0.05) is 0 Å². The molecule has 1 fully saturated rings. The molecule has 0 radical (unpaired) electrons. The van der Waals surface area contributed by atoms with Gasteiger partial charge in [-0.2, -0.15) is 4.98 Å². The minimum Gasteiger partial charge on any atom is -0.337 e. The number of nitrogens with zero attached hydrogens (tertiary/aromatic N) is 3. The van der Waals surface area contributed by atoms with Gasteiger partial charge in [0.2, 0.25) is 11.7 Å². The minimum absolute atomic E-state index is 0.169. The van der Waals surface area contributed by atoms with Crippen molar-refractivity contribution in [2.45, 2.75) is 31.7 Å². The number of hydrogen-bond acceptors (Lipinski definition) is 5. The van der Waals surface area contributed by atoms with Gasteiger partial charge in [-0.25, -0.2) is 0 Å². The second-order valence-electron chi connectivity index (χ2n) is 6.33. The molecule has 4 rings (SSSR count). The van der Waals surface area contributed by atoms with Gasteiger partial charge in [-0.05, 0) is 55.8 Å². The lowest BCUT2D eigenvalue weighted by Crippen LogP contribution is -2.35. The second kappa shape index (κ2) is 6.87. The number of rotatable bonds is 4. The molecule has 2 aromatic heterocycles. The summed E-state index contributed by atoms with van der Waals surface area (Å²) in [7, 11) is 0. The predicted molar refractivity (Wildman–Crippen MR) is 96.0 cm³/mol. The van der Waals surface area contributed by atoms with E-state index < -0.39 is 0 Å². The van der Waals surface area contributed by atoms with Crippen molar-refractivity contribution < 1.29 is 4.52 Å².